The summed E-state index contributed by atoms with van der Waals surface area (Å²) in [5, 5.41) is 0. The predicted molar refractivity (Wildman–Crippen MR) is 86.6 cm³/mol. The zero-order valence-corrected chi connectivity index (χ0v) is 13.7. The van der Waals surface area contributed by atoms with Crippen molar-refractivity contribution in [2.45, 2.75) is 19.3 Å². The van der Waals surface area contributed by atoms with Crippen molar-refractivity contribution >= 4 is 11.9 Å². The Kier molecular flexibility index (Phi) is 6.35. The number of benzene rings is 1. The number of hydrogen-bond donors (Lipinski definition) is 0. The van der Waals surface area contributed by atoms with Crippen LogP contribution in [0.4, 0.5) is 0 Å². The molecule has 1 amide bonds. The number of methoxy groups -OCH3 is 2. The number of hydrogen-bond acceptors (Lipinski definition) is 4. The van der Waals surface area contributed by atoms with Gasteiger partial charge in [0.2, 0.25) is 5.91 Å². The number of nitrogens with zero attached hydrogens (tertiary/aromatic N) is 1. The highest BCUT2D eigenvalue weighted by atomic mass is 16.5. The third-order valence-corrected chi connectivity index (χ3v) is 4.01. The maximum absolute atomic E-state index is 12.3. The maximum atomic E-state index is 12.3. The van der Waals surface area contributed by atoms with Crippen LogP contribution in [0.15, 0.2) is 42.1 Å². The van der Waals surface area contributed by atoms with E-state index in [0.717, 1.165) is 11.3 Å². The van der Waals surface area contributed by atoms with Crippen LogP contribution in [0.5, 0.6) is 0 Å². The van der Waals surface area contributed by atoms with E-state index in [4.69, 9.17) is 9.47 Å². The van der Waals surface area contributed by atoms with Crippen molar-refractivity contribution in [2.24, 2.45) is 5.92 Å². The van der Waals surface area contributed by atoms with Crippen LogP contribution in [0, 0.1) is 5.92 Å². The summed E-state index contributed by atoms with van der Waals surface area (Å²) < 4.78 is 10.00. The van der Waals surface area contributed by atoms with Crippen molar-refractivity contribution in [2.75, 3.05) is 27.4 Å². The van der Waals surface area contributed by atoms with Crippen molar-refractivity contribution in [3.63, 3.8) is 0 Å². The molecule has 1 heterocycles. The van der Waals surface area contributed by atoms with Gasteiger partial charge in [0, 0.05) is 25.8 Å². The molecule has 5 nitrogen and oxygen atoms in total. The second-order valence-electron chi connectivity index (χ2n) is 5.47. The van der Waals surface area contributed by atoms with Crippen LogP contribution in [0.2, 0.25) is 0 Å². The average Bonchev–Trinajstić information content (AvgIpc) is 2.59. The predicted octanol–water partition coefficient (Wildman–Crippen LogP) is 2.17. The molecule has 0 bridgehead atoms. The average molecular weight is 317 g/mol. The molecule has 0 radical (unpaired) electrons. The lowest BCUT2D eigenvalue weighted by Gasteiger charge is -2.34. The SMILES string of the molecule is COCCN1C(=O)CCC(C(=O)OC)/C1=C\Cc1ccccc1. The van der Waals surface area contributed by atoms with Gasteiger partial charge in [0.05, 0.1) is 19.6 Å². The van der Waals surface area contributed by atoms with Gasteiger partial charge in [0.25, 0.3) is 0 Å². The smallest absolute Gasteiger partial charge is 0.314 e. The van der Waals surface area contributed by atoms with Crippen LogP contribution in [-0.4, -0.2) is 44.1 Å². The molecule has 2 rings (SSSR count). The minimum absolute atomic E-state index is 0.0292. The Morgan fingerprint density at radius 2 is 2.04 bits per heavy atom. The van der Waals surface area contributed by atoms with Crippen molar-refractivity contribution < 1.29 is 19.1 Å². The summed E-state index contributed by atoms with van der Waals surface area (Å²) in [7, 11) is 2.98. The van der Waals surface area contributed by atoms with E-state index in [2.05, 4.69) is 0 Å². The van der Waals surface area contributed by atoms with Gasteiger partial charge in [-0.2, -0.15) is 0 Å². The van der Waals surface area contributed by atoms with Crippen LogP contribution in [-0.2, 0) is 25.5 Å². The fraction of sp³-hybridized carbons (Fsp3) is 0.444. The first-order chi connectivity index (χ1) is 11.2. The molecule has 1 atom stereocenters. The fourth-order valence-electron chi connectivity index (χ4n) is 2.79. The molecule has 1 aromatic carbocycles. The molecule has 124 valence electrons. The van der Waals surface area contributed by atoms with Gasteiger partial charge in [-0.3, -0.25) is 9.59 Å². The van der Waals surface area contributed by atoms with Gasteiger partial charge in [0.15, 0.2) is 0 Å². The minimum atomic E-state index is -0.390. The molecule has 1 unspecified atom stereocenters. The van der Waals surface area contributed by atoms with Crippen molar-refractivity contribution in [1.29, 1.82) is 0 Å². The van der Waals surface area contributed by atoms with Crippen molar-refractivity contribution in [3.8, 4) is 0 Å². The molecule has 0 spiro atoms. The molecule has 0 aromatic heterocycles. The van der Waals surface area contributed by atoms with Gasteiger partial charge in [-0.1, -0.05) is 36.4 Å². The first-order valence-electron chi connectivity index (χ1n) is 7.78. The van der Waals surface area contributed by atoms with E-state index < -0.39 is 5.92 Å². The van der Waals surface area contributed by atoms with E-state index in [-0.39, 0.29) is 11.9 Å². The van der Waals surface area contributed by atoms with Crippen LogP contribution in [0.25, 0.3) is 0 Å². The van der Waals surface area contributed by atoms with Gasteiger partial charge in [-0.25, -0.2) is 0 Å². The van der Waals surface area contributed by atoms with E-state index in [0.29, 0.717) is 32.4 Å². The second-order valence-corrected chi connectivity index (χ2v) is 5.47. The van der Waals surface area contributed by atoms with Crippen molar-refractivity contribution in [1.82, 2.24) is 4.90 Å². The van der Waals surface area contributed by atoms with Gasteiger partial charge >= 0.3 is 5.97 Å². The maximum Gasteiger partial charge on any atom is 0.314 e. The summed E-state index contributed by atoms with van der Waals surface area (Å²) in [6.07, 6.45) is 3.48. The molecule has 0 N–H and O–H groups in total. The fourth-order valence-corrected chi connectivity index (χ4v) is 2.79. The molecule has 0 aliphatic carbocycles. The topological polar surface area (TPSA) is 55.8 Å². The van der Waals surface area contributed by atoms with Crippen molar-refractivity contribution in [3.05, 3.63) is 47.7 Å². The van der Waals surface area contributed by atoms with E-state index in [1.807, 2.05) is 36.4 Å². The van der Waals surface area contributed by atoms with Crippen LogP contribution < -0.4 is 0 Å². The summed E-state index contributed by atoms with van der Waals surface area (Å²) >= 11 is 0. The molecule has 1 fully saturated rings. The Bertz CT molecular complexity index is 568. The van der Waals surface area contributed by atoms with Crippen LogP contribution in [0.3, 0.4) is 0 Å². The molecule has 1 saturated heterocycles. The Morgan fingerprint density at radius 3 is 2.70 bits per heavy atom. The molecule has 0 saturated carbocycles. The van der Waals surface area contributed by atoms with E-state index in [1.54, 1.807) is 12.0 Å². The standard InChI is InChI=1S/C18H23NO4/c1-22-13-12-19-16(10-8-14-6-4-3-5-7-14)15(18(21)23-2)9-11-17(19)20/h3-7,10,15H,8-9,11-13H2,1-2H3/b16-10+. The van der Waals surface area contributed by atoms with E-state index in [9.17, 15) is 9.59 Å². The molecule has 1 aliphatic heterocycles. The van der Waals surface area contributed by atoms with Gasteiger partial charge in [-0.05, 0) is 18.4 Å². The second kappa shape index (κ2) is 8.48. The Balaban J connectivity index is 2.26. The Labute approximate surface area is 136 Å². The monoisotopic (exact) mass is 317 g/mol. The highest BCUT2D eigenvalue weighted by Crippen LogP contribution is 2.29. The minimum Gasteiger partial charge on any atom is -0.469 e. The summed E-state index contributed by atoms with van der Waals surface area (Å²) in [4.78, 5) is 26.0. The first kappa shape index (κ1) is 17.2. The van der Waals surface area contributed by atoms with Gasteiger partial charge < -0.3 is 14.4 Å². The quantitative estimate of drug-likeness (QED) is 0.755. The Hall–Kier alpha value is -2.14. The molecular weight excluding hydrogens is 294 g/mol. The zero-order valence-electron chi connectivity index (χ0n) is 13.7. The van der Waals surface area contributed by atoms with E-state index >= 15 is 0 Å². The lowest BCUT2D eigenvalue weighted by atomic mass is 9.92. The number of ether oxygens (including phenoxy) is 2. The molecule has 1 aliphatic rings. The highest BCUT2D eigenvalue weighted by Gasteiger charge is 2.35. The van der Waals surface area contributed by atoms with E-state index in [1.165, 1.54) is 7.11 Å². The number of carbonyl (C=O) groups excluding carboxylic acids is 2. The largest absolute Gasteiger partial charge is 0.469 e. The summed E-state index contributed by atoms with van der Waals surface area (Å²) in [6, 6.07) is 9.95. The molecular formula is C18H23NO4. The van der Waals surface area contributed by atoms with Gasteiger partial charge in [0.1, 0.15) is 0 Å². The van der Waals surface area contributed by atoms with Gasteiger partial charge in [-0.15, -0.1) is 0 Å². The normalized spacial score (nSPS) is 19.9. The Morgan fingerprint density at radius 1 is 1.30 bits per heavy atom. The number of piperidine rings is 1. The van der Waals surface area contributed by atoms with Crippen LogP contribution in [0.1, 0.15) is 18.4 Å². The first-order valence-corrected chi connectivity index (χ1v) is 7.78. The lowest BCUT2D eigenvalue weighted by Crippen LogP contribution is -2.42. The van der Waals surface area contributed by atoms with Crippen LogP contribution >= 0.6 is 0 Å². The number of carbonyl (C=O) groups is 2. The third-order valence-electron chi connectivity index (χ3n) is 4.01. The number of rotatable bonds is 6. The number of allylic oxidation sites excluding steroid dienone is 1. The molecule has 23 heavy (non-hydrogen) atoms. The molecule has 1 aromatic rings. The highest BCUT2D eigenvalue weighted by molar-refractivity contribution is 5.85. The number of esters is 1. The summed E-state index contributed by atoms with van der Waals surface area (Å²) in [6.45, 7) is 0.881. The summed E-state index contributed by atoms with van der Waals surface area (Å²) in [5.41, 5.74) is 1.86. The lowest BCUT2D eigenvalue weighted by molar-refractivity contribution is -0.147. The molecule has 5 heteroatoms. The number of amides is 1. The number of likely N-dealkylation sites (tertiary alicyclic amines) is 1. The summed E-state index contributed by atoms with van der Waals surface area (Å²) in [5.74, 6) is -0.654. The third kappa shape index (κ3) is 4.42. The zero-order chi connectivity index (χ0) is 16.7.